The van der Waals surface area contributed by atoms with Crippen LogP contribution in [0.1, 0.15) is 78.4 Å². The highest BCUT2D eigenvalue weighted by atomic mass is 19.4. The lowest BCUT2D eigenvalue weighted by molar-refractivity contribution is -0.138. The Morgan fingerprint density at radius 3 is 2.18 bits per heavy atom. The van der Waals surface area contributed by atoms with Crippen molar-refractivity contribution in [3.63, 3.8) is 0 Å². The average Bonchev–Trinajstić information content (AvgIpc) is 2.92. The third-order valence-corrected chi connectivity index (χ3v) is 6.70. The number of carboxylic acids is 1. The van der Waals surface area contributed by atoms with E-state index in [2.05, 4.69) is 12.2 Å². The van der Waals surface area contributed by atoms with Crippen LogP contribution in [0.3, 0.4) is 0 Å². The summed E-state index contributed by atoms with van der Waals surface area (Å²) in [5.74, 6) is -0.704. The van der Waals surface area contributed by atoms with Gasteiger partial charge in [-0.05, 0) is 59.5 Å². The highest BCUT2D eigenvalue weighted by molar-refractivity contribution is 5.94. The highest BCUT2D eigenvalue weighted by Crippen LogP contribution is 2.39. The fourth-order valence-electron chi connectivity index (χ4n) is 4.57. The van der Waals surface area contributed by atoms with Crippen molar-refractivity contribution in [3.05, 3.63) is 89.0 Å². The summed E-state index contributed by atoms with van der Waals surface area (Å²) in [7, 11) is 1.59. The summed E-state index contributed by atoms with van der Waals surface area (Å²) in [5.41, 5.74) is 3.10. The molecule has 3 rings (SSSR count). The molecule has 8 heteroatoms. The van der Waals surface area contributed by atoms with Crippen LogP contribution in [0.5, 0.6) is 5.75 Å². The van der Waals surface area contributed by atoms with E-state index in [0.29, 0.717) is 16.9 Å². The van der Waals surface area contributed by atoms with E-state index in [4.69, 9.17) is 9.84 Å². The van der Waals surface area contributed by atoms with Gasteiger partial charge in [0.05, 0.1) is 19.1 Å². The number of alkyl halides is 3. The molecule has 0 aromatic heterocycles. The lowest BCUT2D eigenvalue weighted by Crippen LogP contribution is -2.25. The number of amides is 1. The quantitative estimate of drug-likeness (QED) is 0.218. The van der Waals surface area contributed by atoms with Crippen molar-refractivity contribution in [3.8, 4) is 16.9 Å². The molecule has 2 N–H and O–H groups in total. The molecule has 1 amide bonds. The molecule has 0 heterocycles. The normalized spacial score (nSPS) is 12.1. The van der Waals surface area contributed by atoms with Gasteiger partial charge >= 0.3 is 12.1 Å². The number of halogens is 3. The van der Waals surface area contributed by atoms with Crippen molar-refractivity contribution < 1.29 is 32.6 Å². The number of nitrogens with one attached hydrogen (secondary N) is 1. The van der Waals surface area contributed by atoms with Gasteiger partial charge in [0.15, 0.2) is 0 Å². The molecule has 0 spiro atoms. The van der Waals surface area contributed by atoms with Gasteiger partial charge in [0, 0.05) is 23.6 Å². The number of carboxylic acid groups (broad SMARTS) is 1. The topological polar surface area (TPSA) is 75.6 Å². The van der Waals surface area contributed by atoms with Crippen LogP contribution in [0.15, 0.2) is 66.7 Å². The van der Waals surface area contributed by atoms with E-state index in [-0.39, 0.29) is 24.8 Å². The Balaban J connectivity index is 1.93. The van der Waals surface area contributed by atoms with Gasteiger partial charge in [-0.15, -0.1) is 0 Å². The van der Waals surface area contributed by atoms with Crippen LogP contribution >= 0.6 is 0 Å². The molecule has 3 aromatic rings. The van der Waals surface area contributed by atoms with Gasteiger partial charge in [-0.1, -0.05) is 62.9 Å². The first-order valence-electron chi connectivity index (χ1n) is 13.1. The minimum absolute atomic E-state index is 0.0455. The van der Waals surface area contributed by atoms with Crippen LogP contribution in [0.4, 0.5) is 13.2 Å². The molecule has 5 nitrogen and oxygen atoms in total. The third kappa shape index (κ3) is 8.34. The lowest BCUT2D eigenvalue weighted by Gasteiger charge is -2.22. The summed E-state index contributed by atoms with van der Waals surface area (Å²) in [6.07, 6.45) is 0.539. The Morgan fingerprint density at radius 2 is 1.59 bits per heavy atom. The van der Waals surface area contributed by atoms with Crippen LogP contribution in [0.25, 0.3) is 11.1 Å². The second kappa shape index (κ2) is 13.8. The first-order valence-corrected chi connectivity index (χ1v) is 13.1. The second-order valence-corrected chi connectivity index (χ2v) is 9.46. The molecule has 0 fully saturated rings. The predicted octanol–water partition coefficient (Wildman–Crippen LogP) is 7.69. The Hall–Kier alpha value is -3.81. The van der Waals surface area contributed by atoms with Gasteiger partial charge in [-0.3, -0.25) is 9.59 Å². The van der Waals surface area contributed by atoms with Crippen LogP contribution in [0.2, 0.25) is 0 Å². The fourth-order valence-corrected chi connectivity index (χ4v) is 4.57. The smallest absolute Gasteiger partial charge is 0.416 e. The molecule has 0 saturated heterocycles. The Kier molecular flexibility index (Phi) is 10.5. The maximum atomic E-state index is 13.1. The molecular weight excluding hydrogens is 507 g/mol. The molecule has 3 aromatic carbocycles. The van der Waals surface area contributed by atoms with Gasteiger partial charge in [0.25, 0.3) is 5.91 Å². The maximum absolute atomic E-state index is 13.1. The zero-order valence-corrected chi connectivity index (χ0v) is 22.2. The average molecular weight is 542 g/mol. The molecule has 39 heavy (non-hydrogen) atoms. The van der Waals surface area contributed by atoms with Gasteiger partial charge in [0.1, 0.15) is 5.75 Å². The number of unbranched alkanes of at least 4 members (excludes halogenated alkanes) is 3. The Bertz CT molecular complexity index is 1240. The number of benzene rings is 3. The number of hydrogen-bond donors (Lipinski definition) is 2. The fraction of sp³-hybridized carbons (Fsp3) is 0.355. The second-order valence-electron chi connectivity index (χ2n) is 9.46. The van der Waals surface area contributed by atoms with E-state index in [1.807, 2.05) is 30.3 Å². The van der Waals surface area contributed by atoms with E-state index in [1.165, 1.54) is 12.1 Å². The van der Waals surface area contributed by atoms with E-state index < -0.39 is 17.7 Å². The molecule has 0 aliphatic carbocycles. The summed E-state index contributed by atoms with van der Waals surface area (Å²) in [5, 5.41) is 11.4. The van der Waals surface area contributed by atoms with Gasteiger partial charge < -0.3 is 15.2 Å². The standard InChI is InChI=1S/C31H34F3NO4/c1-3-4-5-6-7-26(22-8-10-23(11-9-22)30(38)35-19-18-29(36)37)27-20-24(14-17-28(27)39-2)21-12-15-25(16-13-21)31(32,33)34/h8-17,20,26H,3-7,18-19H2,1-2H3,(H,35,38)(H,36,37). The number of aliphatic carboxylic acids is 1. The van der Waals surface area contributed by atoms with Crippen molar-refractivity contribution in [1.82, 2.24) is 5.32 Å². The summed E-state index contributed by atoms with van der Waals surface area (Å²) in [6, 6.07) is 18.0. The van der Waals surface area contributed by atoms with Crippen molar-refractivity contribution in [1.29, 1.82) is 0 Å². The molecular formula is C31H34F3NO4. The van der Waals surface area contributed by atoms with Crippen LogP contribution in [0, 0.1) is 0 Å². The highest BCUT2D eigenvalue weighted by Gasteiger charge is 2.30. The Morgan fingerprint density at radius 1 is 0.923 bits per heavy atom. The zero-order chi connectivity index (χ0) is 28.4. The molecule has 1 atom stereocenters. The molecule has 0 aliphatic rings. The van der Waals surface area contributed by atoms with Gasteiger partial charge in [-0.2, -0.15) is 13.2 Å². The first kappa shape index (κ1) is 29.7. The van der Waals surface area contributed by atoms with Crippen LogP contribution in [-0.4, -0.2) is 30.6 Å². The lowest BCUT2D eigenvalue weighted by atomic mass is 9.84. The number of rotatable bonds is 13. The zero-order valence-electron chi connectivity index (χ0n) is 22.2. The van der Waals surface area contributed by atoms with Gasteiger partial charge in [-0.25, -0.2) is 0 Å². The number of ether oxygens (including phenoxy) is 1. The van der Waals surface area contributed by atoms with E-state index in [0.717, 1.165) is 60.9 Å². The molecule has 0 bridgehead atoms. The monoisotopic (exact) mass is 541 g/mol. The summed E-state index contributed by atoms with van der Waals surface area (Å²) >= 11 is 0. The minimum atomic E-state index is -4.40. The maximum Gasteiger partial charge on any atom is 0.416 e. The molecule has 208 valence electrons. The van der Waals surface area contributed by atoms with Crippen molar-refractivity contribution >= 4 is 11.9 Å². The first-order chi connectivity index (χ1) is 18.6. The van der Waals surface area contributed by atoms with Crippen molar-refractivity contribution in [2.75, 3.05) is 13.7 Å². The molecule has 0 radical (unpaired) electrons. The van der Waals surface area contributed by atoms with Crippen LogP contribution in [-0.2, 0) is 11.0 Å². The SMILES string of the molecule is CCCCCCC(c1ccc(C(=O)NCCC(=O)O)cc1)c1cc(-c2ccc(C(F)(F)F)cc2)ccc1OC. The minimum Gasteiger partial charge on any atom is -0.496 e. The molecule has 1 unspecified atom stereocenters. The summed E-state index contributed by atoms with van der Waals surface area (Å²) < 4.78 is 44.9. The van der Waals surface area contributed by atoms with Crippen molar-refractivity contribution in [2.24, 2.45) is 0 Å². The van der Waals surface area contributed by atoms with Gasteiger partial charge in [0.2, 0.25) is 0 Å². The molecule has 0 aliphatic heterocycles. The number of hydrogen-bond acceptors (Lipinski definition) is 3. The largest absolute Gasteiger partial charge is 0.496 e. The number of carbonyl (C=O) groups excluding carboxylic acids is 1. The Labute approximate surface area is 227 Å². The van der Waals surface area contributed by atoms with E-state index in [1.54, 1.807) is 19.2 Å². The molecule has 0 saturated carbocycles. The van der Waals surface area contributed by atoms with Crippen LogP contribution < -0.4 is 10.1 Å². The summed E-state index contributed by atoms with van der Waals surface area (Å²) in [4.78, 5) is 23.1. The summed E-state index contributed by atoms with van der Waals surface area (Å²) in [6.45, 7) is 2.19. The third-order valence-electron chi connectivity index (χ3n) is 6.70. The van der Waals surface area contributed by atoms with E-state index >= 15 is 0 Å². The number of methoxy groups -OCH3 is 1. The predicted molar refractivity (Wildman–Crippen MR) is 145 cm³/mol. The van der Waals surface area contributed by atoms with Crippen molar-refractivity contribution in [2.45, 2.75) is 57.5 Å². The van der Waals surface area contributed by atoms with E-state index in [9.17, 15) is 22.8 Å². The number of carbonyl (C=O) groups is 2.